The zero-order valence-corrected chi connectivity index (χ0v) is 9.15. The Bertz CT molecular complexity index is 414. The van der Waals surface area contributed by atoms with Gasteiger partial charge in [0, 0.05) is 6.07 Å². The molecular formula is C7H4F4INO2. The average Bonchev–Trinajstić information content (AvgIpc) is 1.99. The summed E-state index contributed by atoms with van der Waals surface area (Å²) < 4.78 is 51.0. The van der Waals surface area contributed by atoms with Gasteiger partial charge in [-0.25, -0.2) is 4.39 Å². The third kappa shape index (κ3) is 3.36. The molecular weight excluding hydrogens is 333 g/mol. The average molecular weight is 337 g/mol. The van der Waals surface area contributed by atoms with Crippen LogP contribution >= 0.6 is 22.6 Å². The van der Waals surface area contributed by atoms with Gasteiger partial charge in [0.25, 0.3) is 0 Å². The van der Waals surface area contributed by atoms with Gasteiger partial charge in [0.2, 0.25) is 5.88 Å². The summed E-state index contributed by atoms with van der Waals surface area (Å²) in [6.45, 7) is -1.04. The van der Waals surface area contributed by atoms with E-state index < -0.39 is 24.3 Å². The summed E-state index contributed by atoms with van der Waals surface area (Å²) in [7, 11) is 0. The Balaban J connectivity index is 3.10. The predicted molar refractivity (Wildman–Crippen MR) is 51.3 cm³/mol. The number of halogens is 5. The first-order valence-electron chi connectivity index (χ1n) is 3.57. The van der Waals surface area contributed by atoms with Crippen LogP contribution in [-0.2, 0) is 6.67 Å². The van der Waals surface area contributed by atoms with Crippen LogP contribution in [0.4, 0.5) is 17.6 Å². The van der Waals surface area contributed by atoms with E-state index in [4.69, 9.17) is 0 Å². The van der Waals surface area contributed by atoms with Gasteiger partial charge in [-0.2, -0.15) is 0 Å². The molecule has 1 heterocycles. The summed E-state index contributed by atoms with van der Waals surface area (Å²) in [6.07, 6.45) is -4.89. The smallest absolute Gasteiger partial charge is 0.390 e. The molecule has 8 heteroatoms. The molecule has 0 radical (unpaired) electrons. The minimum atomic E-state index is -4.89. The minimum Gasteiger partial charge on any atom is -0.390 e. The first-order valence-corrected chi connectivity index (χ1v) is 4.65. The van der Waals surface area contributed by atoms with Crippen LogP contribution in [0, 0.1) is 3.70 Å². The summed E-state index contributed by atoms with van der Waals surface area (Å²) in [5.74, 6) is -0.755. The molecule has 15 heavy (non-hydrogen) atoms. The number of rotatable bonds is 2. The van der Waals surface area contributed by atoms with Crippen LogP contribution in [0.5, 0.6) is 5.88 Å². The molecule has 0 spiro atoms. The van der Waals surface area contributed by atoms with Crippen LogP contribution in [0.2, 0.25) is 0 Å². The molecule has 0 aliphatic carbocycles. The van der Waals surface area contributed by atoms with Gasteiger partial charge in [-0.05, 0) is 22.6 Å². The van der Waals surface area contributed by atoms with E-state index in [2.05, 4.69) is 9.72 Å². The molecule has 0 saturated carbocycles. The summed E-state index contributed by atoms with van der Waals surface area (Å²) >= 11 is 1.52. The first-order chi connectivity index (χ1) is 6.83. The molecule has 0 fully saturated rings. The van der Waals surface area contributed by atoms with Crippen molar-refractivity contribution in [3.63, 3.8) is 0 Å². The van der Waals surface area contributed by atoms with Crippen molar-refractivity contribution in [3.8, 4) is 5.88 Å². The van der Waals surface area contributed by atoms with Gasteiger partial charge in [0.05, 0.1) is 9.26 Å². The maximum Gasteiger partial charge on any atom is 0.574 e. The molecule has 84 valence electrons. The molecule has 0 amide bonds. The van der Waals surface area contributed by atoms with Crippen molar-refractivity contribution >= 4 is 22.6 Å². The minimum absolute atomic E-state index is 0.0122. The van der Waals surface area contributed by atoms with Crippen LogP contribution < -0.4 is 10.2 Å². The number of H-pyrrole nitrogens is 1. The van der Waals surface area contributed by atoms with Gasteiger partial charge >= 0.3 is 6.36 Å². The van der Waals surface area contributed by atoms with Crippen LogP contribution in [0.25, 0.3) is 0 Å². The highest BCUT2D eigenvalue weighted by atomic mass is 127. The number of alkyl halides is 4. The van der Waals surface area contributed by atoms with E-state index in [1.165, 1.54) is 22.6 Å². The highest BCUT2D eigenvalue weighted by Gasteiger charge is 2.31. The fourth-order valence-electron chi connectivity index (χ4n) is 0.838. The predicted octanol–water partition coefficient (Wildman–Crippen LogP) is 2.35. The lowest BCUT2D eigenvalue weighted by Crippen LogP contribution is -2.20. The van der Waals surface area contributed by atoms with Crippen molar-refractivity contribution in [2.45, 2.75) is 13.0 Å². The van der Waals surface area contributed by atoms with E-state index in [1.54, 1.807) is 0 Å². The lowest BCUT2D eigenvalue weighted by Gasteiger charge is -2.09. The Morgan fingerprint density at radius 3 is 2.47 bits per heavy atom. The van der Waals surface area contributed by atoms with E-state index >= 15 is 0 Å². The van der Waals surface area contributed by atoms with E-state index in [0.717, 1.165) is 0 Å². The van der Waals surface area contributed by atoms with Crippen molar-refractivity contribution in [2.24, 2.45) is 0 Å². The Kier molecular flexibility index (Phi) is 3.58. The zero-order chi connectivity index (χ0) is 11.6. The number of pyridine rings is 1. The molecule has 0 unspecified atom stereocenters. The Hall–Kier alpha value is -0.800. The quantitative estimate of drug-likeness (QED) is 0.511. The maximum atomic E-state index is 12.2. The summed E-state index contributed by atoms with van der Waals surface area (Å²) in [4.78, 5) is 13.2. The zero-order valence-electron chi connectivity index (χ0n) is 6.99. The highest BCUT2D eigenvalue weighted by Crippen LogP contribution is 2.21. The topological polar surface area (TPSA) is 42.1 Å². The second kappa shape index (κ2) is 4.37. The fourth-order valence-corrected chi connectivity index (χ4v) is 1.51. The van der Waals surface area contributed by atoms with E-state index in [0.29, 0.717) is 6.07 Å². The number of aromatic amines is 1. The van der Waals surface area contributed by atoms with Crippen molar-refractivity contribution in [1.82, 2.24) is 4.98 Å². The number of nitrogens with one attached hydrogen (secondary N) is 1. The van der Waals surface area contributed by atoms with E-state index in [1.807, 2.05) is 0 Å². The third-order valence-corrected chi connectivity index (χ3v) is 2.34. The highest BCUT2D eigenvalue weighted by molar-refractivity contribution is 14.1. The molecule has 3 nitrogen and oxygen atoms in total. The normalized spacial score (nSPS) is 11.5. The van der Waals surface area contributed by atoms with Gasteiger partial charge in [-0.3, -0.25) is 4.79 Å². The lowest BCUT2D eigenvalue weighted by molar-refractivity contribution is -0.276. The van der Waals surface area contributed by atoms with Crippen LogP contribution in [0.1, 0.15) is 5.56 Å². The maximum absolute atomic E-state index is 12.2. The van der Waals surface area contributed by atoms with Gasteiger partial charge in [0.1, 0.15) is 6.67 Å². The first kappa shape index (κ1) is 12.3. The van der Waals surface area contributed by atoms with E-state index in [-0.39, 0.29) is 9.26 Å². The van der Waals surface area contributed by atoms with Crippen molar-refractivity contribution in [2.75, 3.05) is 0 Å². The van der Waals surface area contributed by atoms with Crippen LogP contribution in [0.15, 0.2) is 10.9 Å². The summed E-state index contributed by atoms with van der Waals surface area (Å²) in [5.41, 5.74) is -1.05. The van der Waals surface area contributed by atoms with Gasteiger partial charge in [0.15, 0.2) is 5.43 Å². The molecule has 0 aromatic carbocycles. The van der Waals surface area contributed by atoms with Gasteiger partial charge in [-0.15, -0.1) is 13.2 Å². The second-order valence-corrected chi connectivity index (χ2v) is 3.55. The molecule has 0 bridgehead atoms. The molecule has 1 aromatic heterocycles. The number of hydrogen-bond acceptors (Lipinski definition) is 2. The lowest BCUT2D eigenvalue weighted by atomic mass is 10.3. The van der Waals surface area contributed by atoms with Crippen molar-refractivity contribution in [3.05, 3.63) is 25.6 Å². The summed E-state index contributed by atoms with van der Waals surface area (Å²) in [5, 5.41) is 0. The number of aromatic nitrogens is 1. The van der Waals surface area contributed by atoms with Crippen molar-refractivity contribution in [1.29, 1.82) is 0 Å². The Morgan fingerprint density at radius 2 is 2.07 bits per heavy atom. The molecule has 1 rings (SSSR count). The Morgan fingerprint density at radius 1 is 1.47 bits per heavy atom. The fraction of sp³-hybridized carbons (Fsp3) is 0.286. The molecule has 0 aliphatic rings. The SMILES string of the molecule is O=c1cc(OC(F)(F)F)[nH]c(I)c1CF. The van der Waals surface area contributed by atoms with E-state index in [9.17, 15) is 22.4 Å². The molecule has 1 aromatic rings. The largest absolute Gasteiger partial charge is 0.574 e. The number of ether oxygens (including phenoxy) is 1. The van der Waals surface area contributed by atoms with Crippen molar-refractivity contribution < 1.29 is 22.3 Å². The Labute approximate surface area is 94.6 Å². The molecule has 0 saturated heterocycles. The standard InChI is InChI=1S/C7H4F4INO2/c8-2-3-4(14)1-5(13-6(3)12)15-7(9,10)11/h1H,2H2,(H,13,14). The molecule has 1 N–H and O–H groups in total. The third-order valence-electron chi connectivity index (χ3n) is 1.42. The van der Waals surface area contributed by atoms with Gasteiger partial charge < -0.3 is 9.72 Å². The second-order valence-electron chi connectivity index (χ2n) is 2.47. The molecule has 0 atom stereocenters. The number of hydrogen-bond donors (Lipinski definition) is 1. The monoisotopic (exact) mass is 337 g/mol. The summed E-state index contributed by atoms with van der Waals surface area (Å²) in [6, 6.07) is 0.560. The molecule has 0 aliphatic heterocycles. The van der Waals surface area contributed by atoms with Gasteiger partial charge in [-0.1, -0.05) is 0 Å². The van der Waals surface area contributed by atoms with Crippen LogP contribution in [0.3, 0.4) is 0 Å². The van der Waals surface area contributed by atoms with Crippen LogP contribution in [-0.4, -0.2) is 11.3 Å².